The van der Waals surface area contributed by atoms with Crippen LogP contribution in [0.3, 0.4) is 0 Å². The molecule has 2 heterocycles. The highest BCUT2D eigenvalue weighted by molar-refractivity contribution is 9.10. The summed E-state index contributed by atoms with van der Waals surface area (Å²) in [6.45, 7) is 0. The van der Waals surface area contributed by atoms with E-state index in [1.165, 1.54) is 22.9 Å². The van der Waals surface area contributed by atoms with Crippen LogP contribution >= 0.6 is 15.9 Å². The van der Waals surface area contributed by atoms with Crippen molar-refractivity contribution in [3.63, 3.8) is 0 Å². The molecule has 6 heteroatoms. The molecule has 0 spiro atoms. The highest BCUT2D eigenvalue weighted by atomic mass is 79.9. The van der Waals surface area contributed by atoms with Crippen LogP contribution < -0.4 is 5.69 Å². The van der Waals surface area contributed by atoms with Crippen LogP contribution in [0.15, 0.2) is 45.8 Å². The molecule has 0 N–H and O–H groups in total. The van der Waals surface area contributed by atoms with Crippen LogP contribution in [0, 0.1) is 5.95 Å². The van der Waals surface area contributed by atoms with Crippen LogP contribution in [0.1, 0.15) is 0 Å². The molecule has 0 fully saturated rings. The molecule has 0 aliphatic heterocycles. The van der Waals surface area contributed by atoms with Gasteiger partial charge in [0.2, 0.25) is 5.95 Å². The van der Waals surface area contributed by atoms with E-state index >= 15 is 0 Å². The average molecular weight is 322 g/mol. The van der Waals surface area contributed by atoms with Crippen LogP contribution in [0.25, 0.3) is 16.7 Å². The van der Waals surface area contributed by atoms with Crippen molar-refractivity contribution in [2.75, 3.05) is 0 Å². The first-order valence-corrected chi connectivity index (χ1v) is 6.36. The quantitative estimate of drug-likeness (QED) is 0.646. The van der Waals surface area contributed by atoms with Gasteiger partial charge in [0.15, 0.2) is 0 Å². The molecule has 0 radical (unpaired) electrons. The molecule has 0 saturated heterocycles. The minimum Gasteiger partial charge on any atom is -0.295 e. The van der Waals surface area contributed by atoms with Crippen molar-refractivity contribution in [2.24, 2.45) is 7.05 Å². The van der Waals surface area contributed by atoms with Crippen molar-refractivity contribution in [1.82, 2.24) is 14.1 Å². The number of pyridine rings is 1. The van der Waals surface area contributed by atoms with E-state index in [2.05, 4.69) is 20.9 Å². The predicted molar refractivity (Wildman–Crippen MR) is 74.0 cm³/mol. The zero-order chi connectivity index (χ0) is 13.6. The van der Waals surface area contributed by atoms with Gasteiger partial charge in [-0.3, -0.25) is 9.13 Å². The van der Waals surface area contributed by atoms with Crippen LogP contribution in [0.4, 0.5) is 4.39 Å². The van der Waals surface area contributed by atoms with Crippen molar-refractivity contribution in [3.8, 4) is 5.69 Å². The minimum absolute atomic E-state index is 0.193. The number of rotatable bonds is 1. The van der Waals surface area contributed by atoms with Crippen LogP contribution in [0.2, 0.25) is 0 Å². The molecule has 19 heavy (non-hydrogen) atoms. The van der Waals surface area contributed by atoms with Gasteiger partial charge in [0.1, 0.15) is 0 Å². The molecular weight excluding hydrogens is 313 g/mol. The van der Waals surface area contributed by atoms with Gasteiger partial charge in [-0.1, -0.05) is 15.9 Å². The Hall–Kier alpha value is -1.95. The maximum Gasteiger partial charge on any atom is 0.333 e. The first-order chi connectivity index (χ1) is 9.08. The number of benzene rings is 1. The normalized spacial score (nSPS) is 11.1. The Morgan fingerprint density at radius 3 is 2.68 bits per heavy atom. The Balaban J connectivity index is 2.40. The maximum atomic E-state index is 12.9. The summed E-state index contributed by atoms with van der Waals surface area (Å²) in [7, 11) is 1.70. The molecule has 0 bridgehead atoms. The second-order valence-corrected chi connectivity index (χ2v) is 5.06. The number of hydrogen-bond donors (Lipinski definition) is 0. The Morgan fingerprint density at radius 2 is 2.00 bits per heavy atom. The largest absolute Gasteiger partial charge is 0.333 e. The zero-order valence-electron chi connectivity index (χ0n) is 9.97. The van der Waals surface area contributed by atoms with Crippen molar-refractivity contribution in [1.29, 1.82) is 0 Å². The van der Waals surface area contributed by atoms with E-state index in [0.29, 0.717) is 5.69 Å². The third kappa shape index (κ3) is 1.88. The van der Waals surface area contributed by atoms with E-state index in [0.717, 1.165) is 15.5 Å². The van der Waals surface area contributed by atoms with E-state index in [9.17, 15) is 9.18 Å². The fraction of sp³-hybridized carbons (Fsp3) is 0.0769. The van der Waals surface area contributed by atoms with E-state index in [1.54, 1.807) is 11.6 Å². The van der Waals surface area contributed by atoms with Gasteiger partial charge >= 0.3 is 5.69 Å². The lowest BCUT2D eigenvalue weighted by molar-refractivity contribution is 0.583. The van der Waals surface area contributed by atoms with Gasteiger partial charge in [-0.2, -0.15) is 4.39 Å². The summed E-state index contributed by atoms with van der Waals surface area (Å²) < 4.78 is 16.8. The monoisotopic (exact) mass is 321 g/mol. The van der Waals surface area contributed by atoms with Crippen molar-refractivity contribution < 1.29 is 4.39 Å². The standard InChI is InChI=1S/C13H9BrFN3O/c1-17-10-4-2-8(14)6-11(10)18(13(17)19)9-3-5-12(15)16-7-9/h2-7H,1H3. The molecule has 0 aliphatic carbocycles. The van der Waals surface area contributed by atoms with Crippen LogP contribution in [-0.4, -0.2) is 14.1 Å². The van der Waals surface area contributed by atoms with E-state index in [-0.39, 0.29) is 5.69 Å². The Kier molecular flexibility index (Phi) is 2.74. The smallest absolute Gasteiger partial charge is 0.295 e. The summed E-state index contributed by atoms with van der Waals surface area (Å²) in [5.41, 5.74) is 1.89. The lowest BCUT2D eigenvalue weighted by Gasteiger charge is -2.02. The van der Waals surface area contributed by atoms with Gasteiger partial charge < -0.3 is 0 Å². The van der Waals surface area contributed by atoms with Gasteiger partial charge in [0, 0.05) is 11.5 Å². The number of aryl methyl sites for hydroxylation is 1. The highest BCUT2D eigenvalue weighted by Crippen LogP contribution is 2.21. The molecular formula is C13H9BrFN3O. The van der Waals surface area contributed by atoms with E-state index < -0.39 is 5.95 Å². The van der Waals surface area contributed by atoms with Gasteiger partial charge in [-0.05, 0) is 30.3 Å². The zero-order valence-corrected chi connectivity index (χ0v) is 11.6. The number of fused-ring (bicyclic) bond motifs is 1. The van der Waals surface area contributed by atoms with Crippen LogP contribution in [0.5, 0.6) is 0 Å². The fourth-order valence-corrected chi connectivity index (χ4v) is 2.41. The fourth-order valence-electron chi connectivity index (χ4n) is 2.07. The summed E-state index contributed by atoms with van der Waals surface area (Å²) in [4.78, 5) is 15.9. The first-order valence-electron chi connectivity index (χ1n) is 5.57. The molecule has 0 unspecified atom stereocenters. The Bertz CT molecular complexity index is 820. The predicted octanol–water partition coefficient (Wildman–Crippen LogP) is 2.63. The Morgan fingerprint density at radius 1 is 1.21 bits per heavy atom. The Labute approximate surface area is 116 Å². The van der Waals surface area contributed by atoms with Gasteiger partial charge in [0.25, 0.3) is 0 Å². The topological polar surface area (TPSA) is 39.8 Å². The molecule has 0 atom stereocenters. The van der Waals surface area contributed by atoms with Gasteiger partial charge in [-0.25, -0.2) is 9.78 Å². The summed E-state index contributed by atoms with van der Waals surface area (Å²) >= 11 is 3.38. The second kappa shape index (κ2) is 4.31. The molecule has 0 saturated carbocycles. The number of nitrogens with zero attached hydrogens (tertiary/aromatic N) is 3. The molecule has 96 valence electrons. The molecule has 1 aromatic carbocycles. The molecule has 3 aromatic rings. The number of imidazole rings is 1. The molecule has 3 rings (SSSR count). The lowest BCUT2D eigenvalue weighted by Crippen LogP contribution is -2.20. The third-order valence-electron chi connectivity index (χ3n) is 2.99. The van der Waals surface area contributed by atoms with Gasteiger partial charge in [0.05, 0.1) is 22.9 Å². The lowest BCUT2D eigenvalue weighted by atomic mass is 10.3. The van der Waals surface area contributed by atoms with Crippen LogP contribution in [-0.2, 0) is 7.05 Å². The SMILES string of the molecule is Cn1c(=O)n(-c2ccc(F)nc2)c2cc(Br)ccc21. The van der Waals surface area contributed by atoms with E-state index in [1.807, 2.05) is 18.2 Å². The summed E-state index contributed by atoms with van der Waals surface area (Å²) in [5.74, 6) is -0.571. The summed E-state index contributed by atoms with van der Waals surface area (Å²) in [5, 5.41) is 0. The number of halogens is 2. The molecule has 0 amide bonds. The highest BCUT2D eigenvalue weighted by Gasteiger charge is 2.12. The number of hydrogen-bond acceptors (Lipinski definition) is 2. The maximum absolute atomic E-state index is 12.9. The average Bonchev–Trinajstić information content (AvgIpc) is 2.63. The van der Waals surface area contributed by atoms with Crippen molar-refractivity contribution >= 4 is 27.0 Å². The third-order valence-corrected chi connectivity index (χ3v) is 3.48. The summed E-state index contributed by atoms with van der Waals surface area (Å²) in [6, 6.07) is 8.34. The number of aromatic nitrogens is 3. The van der Waals surface area contributed by atoms with Crippen molar-refractivity contribution in [3.05, 3.63) is 57.4 Å². The van der Waals surface area contributed by atoms with E-state index in [4.69, 9.17) is 0 Å². The molecule has 2 aromatic heterocycles. The minimum atomic E-state index is -0.571. The second-order valence-electron chi connectivity index (χ2n) is 4.15. The van der Waals surface area contributed by atoms with Gasteiger partial charge in [-0.15, -0.1) is 0 Å². The summed E-state index contributed by atoms with van der Waals surface area (Å²) in [6.07, 6.45) is 1.34. The molecule has 0 aliphatic rings. The first kappa shape index (κ1) is 12.1. The molecule has 4 nitrogen and oxygen atoms in total. The van der Waals surface area contributed by atoms with Crippen molar-refractivity contribution in [2.45, 2.75) is 0 Å².